The van der Waals surface area contributed by atoms with Crippen molar-refractivity contribution < 1.29 is 14.3 Å². The first-order valence-electron chi connectivity index (χ1n) is 10.8. The van der Waals surface area contributed by atoms with Gasteiger partial charge < -0.3 is 20.1 Å². The Labute approximate surface area is 195 Å². The summed E-state index contributed by atoms with van der Waals surface area (Å²) in [6, 6.07) is 18.4. The highest BCUT2D eigenvalue weighted by Gasteiger charge is 2.35. The van der Waals surface area contributed by atoms with Gasteiger partial charge in [0.15, 0.2) is 17.3 Å². The Morgan fingerprint density at radius 3 is 2.76 bits per heavy atom. The number of nitrogens with one attached hydrogen (secondary N) is 2. The summed E-state index contributed by atoms with van der Waals surface area (Å²) in [5.74, 6) is 2.16. The standard InChI is InChI=1S/C25H20N6O3/c1-15-21(24(32)28-18-8-5-11-26-13-18)22(17-9-10-19-20(12-17)34-14-33-19)31-25(27-15)29-23(30-31)16-6-3-2-4-7-16/h2-13,22H,14H2,1H3,(H,28,32)(H,27,29,30). The van der Waals surface area contributed by atoms with Crippen molar-refractivity contribution in [1.29, 1.82) is 0 Å². The van der Waals surface area contributed by atoms with Crippen molar-refractivity contribution in [3.8, 4) is 22.9 Å². The van der Waals surface area contributed by atoms with E-state index in [-0.39, 0.29) is 12.7 Å². The molecule has 2 aliphatic heterocycles. The van der Waals surface area contributed by atoms with Gasteiger partial charge in [0, 0.05) is 17.5 Å². The zero-order chi connectivity index (χ0) is 23.1. The molecule has 0 radical (unpaired) electrons. The molecule has 0 spiro atoms. The van der Waals surface area contributed by atoms with Crippen molar-refractivity contribution in [2.45, 2.75) is 13.0 Å². The lowest BCUT2D eigenvalue weighted by Gasteiger charge is -2.28. The third kappa shape index (κ3) is 3.43. The summed E-state index contributed by atoms with van der Waals surface area (Å²) in [5, 5.41) is 11.0. The molecule has 9 heteroatoms. The van der Waals surface area contributed by atoms with E-state index in [1.807, 2.05) is 55.5 Å². The smallest absolute Gasteiger partial charge is 0.255 e. The number of nitrogens with zero attached hydrogens (tertiary/aromatic N) is 4. The lowest BCUT2D eigenvalue weighted by molar-refractivity contribution is -0.113. The summed E-state index contributed by atoms with van der Waals surface area (Å²) in [6.07, 6.45) is 3.26. The molecule has 0 saturated carbocycles. The minimum absolute atomic E-state index is 0.168. The Morgan fingerprint density at radius 1 is 1.09 bits per heavy atom. The van der Waals surface area contributed by atoms with Gasteiger partial charge in [-0.3, -0.25) is 9.78 Å². The average Bonchev–Trinajstić information content (AvgIpc) is 3.50. The zero-order valence-electron chi connectivity index (χ0n) is 18.2. The van der Waals surface area contributed by atoms with Gasteiger partial charge >= 0.3 is 0 Å². The topological polar surface area (TPSA) is 103 Å². The second-order valence-electron chi connectivity index (χ2n) is 7.94. The molecule has 1 unspecified atom stereocenters. The Hall–Kier alpha value is -4.66. The molecule has 1 amide bonds. The van der Waals surface area contributed by atoms with Gasteiger partial charge in [0.2, 0.25) is 12.7 Å². The van der Waals surface area contributed by atoms with Crippen molar-refractivity contribution in [2.75, 3.05) is 17.4 Å². The summed E-state index contributed by atoms with van der Waals surface area (Å²) in [6.45, 7) is 2.03. The number of aromatic nitrogens is 4. The van der Waals surface area contributed by atoms with E-state index in [9.17, 15) is 4.79 Å². The summed E-state index contributed by atoms with van der Waals surface area (Å²) in [7, 11) is 0. The fraction of sp³-hybridized carbons (Fsp3) is 0.120. The van der Waals surface area contributed by atoms with Gasteiger partial charge in [-0.15, -0.1) is 5.10 Å². The minimum atomic E-state index is -0.535. The normalized spacial score (nSPS) is 16.1. The SMILES string of the molecule is CC1=C(C(=O)Nc2cccnc2)C(c2ccc3c(c2)OCO3)n2nc(-c3ccccc3)nc2N1. The van der Waals surface area contributed by atoms with Gasteiger partial charge in [-0.2, -0.15) is 4.98 Å². The second-order valence-corrected chi connectivity index (χ2v) is 7.94. The molecule has 0 saturated heterocycles. The van der Waals surface area contributed by atoms with Crippen LogP contribution in [0.1, 0.15) is 18.5 Å². The summed E-state index contributed by atoms with van der Waals surface area (Å²) in [5.41, 5.74) is 3.51. The lowest BCUT2D eigenvalue weighted by atomic mass is 9.94. The van der Waals surface area contributed by atoms with Crippen LogP contribution in [-0.2, 0) is 4.79 Å². The van der Waals surface area contributed by atoms with Crippen LogP contribution in [0.25, 0.3) is 11.4 Å². The number of fused-ring (bicyclic) bond motifs is 2. The molecule has 4 aromatic rings. The van der Waals surface area contributed by atoms with Crippen LogP contribution in [0.5, 0.6) is 11.5 Å². The third-order valence-corrected chi connectivity index (χ3v) is 5.76. The van der Waals surface area contributed by atoms with Crippen LogP contribution in [0, 0.1) is 0 Å². The van der Waals surface area contributed by atoms with Crippen LogP contribution in [0.15, 0.2) is 84.3 Å². The van der Waals surface area contributed by atoms with Crippen molar-refractivity contribution in [2.24, 2.45) is 0 Å². The van der Waals surface area contributed by atoms with E-state index in [0.29, 0.717) is 40.2 Å². The molecule has 4 heterocycles. The molecule has 2 N–H and O–H groups in total. The predicted octanol–water partition coefficient (Wildman–Crippen LogP) is 4.00. The van der Waals surface area contributed by atoms with Crippen molar-refractivity contribution >= 4 is 17.5 Å². The van der Waals surface area contributed by atoms with Crippen molar-refractivity contribution in [1.82, 2.24) is 19.7 Å². The molecule has 2 aromatic heterocycles. The molecular weight excluding hydrogens is 432 g/mol. The van der Waals surface area contributed by atoms with Crippen LogP contribution in [-0.4, -0.2) is 32.4 Å². The summed E-state index contributed by atoms with van der Waals surface area (Å²) < 4.78 is 12.8. The highest BCUT2D eigenvalue weighted by atomic mass is 16.7. The molecule has 2 aromatic carbocycles. The Bertz CT molecular complexity index is 1420. The maximum absolute atomic E-state index is 13.5. The molecule has 34 heavy (non-hydrogen) atoms. The fourth-order valence-corrected chi connectivity index (χ4v) is 4.18. The molecule has 9 nitrogen and oxygen atoms in total. The van der Waals surface area contributed by atoms with E-state index in [2.05, 4.69) is 15.6 Å². The Balaban J connectivity index is 1.47. The predicted molar refractivity (Wildman–Crippen MR) is 125 cm³/mol. The van der Waals surface area contributed by atoms with E-state index >= 15 is 0 Å². The Morgan fingerprint density at radius 2 is 1.94 bits per heavy atom. The van der Waals surface area contributed by atoms with Gasteiger partial charge in [0.1, 0.15) is 6.04 Å². The average molecular weight is 452 g/mol. The molecular formula is C25H20N6O3. The quantitative estimate of drug-likeness (QED) is 0.482. The summed E-state index contributed by atoms with van der Waals surface area (Å²) in [4.78, 5) is 22.3. The number of hydrogen-bond acceptors (Lipinski definition) is 7. The molecule has 168 valence electrons. The van der Waals surface area contributed by atoms with Crippen LogP contribution in [0.4, 0.5) is 11.6 Å². The number of carbonyl (C=O) groups excluding carboxylic acids is 1. The maximum atomic E-state index is 13.5. The van der Waals surface area contributed by atoms with E-state index in [0.717, 1.165) is 11.1 Å². The van der Waals surface area contributed by atoms with Crippen LogP contribution >= 0.6 is 0 Å². The monoisotopic (exact) mass is 452 g/mol. The molecule has 6 rings (SSSR count). The number of rotatable bonds is 4. The van der Waals surface area contributed by atoms with Crippen molar-refractivity contribution in [3.05, 3.63) is 89.9 Å². The highest BCUT2D eigenvalue weighted by molar-refractivity contribution is 6.06. The van der Waals surface area contributed by atoms with E-state index < -0.39 is 6.04 Å². The van der Waals surface area contributed by atoms with E-state index in [4.69, 9.17) is 19.6 Å². The van der Waals surface area contributed by atoms with Crippen molar-refractivity contribution in [3.63, 3.8) is 0 Å². The number of pyridine rings is 1. The zero-order valence-corrected chi connectivity index (χ0v) is 18.2. The molecule has 0 aliphatic carbocycles. The lowest BCUT2D eigenvalue weighted by Crippen LogP contribution is -2.31. The number of hydrogen-bond donors (Lipinski definition) is 2. The highest BCUT2D eigenvalue weighted by Crippen LogP contribution is 2.41. The van der Waals surface area contributed by atoms with Gasteiger partial charge in [-0.1, -0.05) is 36.4 Å². The number of allylic oxidation sites excluding steroid dienone is 1. The molecule has 0 fully saturated rings. The summed E-state index contributed by atoms with van der Waals surface area (Å²) >= 11 is 0. The van der Waals surface area contributed by atoms with Gasteiger partial charge in [0.25, 0.3) is 5.91 Å². The van der Waals surface area contributed by atoms with Gasteiger partial charge in [-0.25, -0.2) is 4.68 Å². The number of ether oxygens (including phenoxy) is 2. The Kier molecular flexibility index (Phi) is 4.72. The van der Waals surface area contributed by atoms with Crippen LogP contribution in [0.3, 0.4) is 0 Å². The minimum Gasteiger partial charge on any atom is -0.454 e. The second kappa shape index (κ2) is 8.04. The fourth-order valence-electron chi connectivity index (χ4n) is 4.18. The molecule has 2 aliphatic rings. The number of benzene rings is 2. The maximum Gasteiger partial charge on any atom is 0.255 e. The largest absolute Gasteiger partial charge is 0.454 e. The number of anilines is 2. The van der Waals surface area contributed by atoms with E-state index in [1.165, 1.54) is 0 Å². The number of carbonyl (C=O) groups is 1. The first kappa shape index (κ1) is 20.0. The van der Waals surface area contributed by atoms with Gasteiger partial charge in [-0.05, 0) is 36.8 Å². The van der Waals surface area contributed by atoms with Crippen LogP contribution in [0.2, 0.25) is 0 Å². The molecule has 0 bridgehead atoms. The first-order valence-corrected chi connectivity index (χ1v) is 10.8. The number of amides is 1. The van der Waals surface area contributed by atoms with E-state index in [1.54, 1.807) is 29.2 Å². The third-order valence-electron chi connectivity index (χ3n) is 5.76. The van der Waals surface area contributed by atoms with Crippen LogP contribution < -0.4 is 20.1 Å². The van der Waals surface area contributed by atoms with Gasteiger partial charge in [0.05, 0.1) is 17.5 Å². The molecule has 1 atom stereocenters. The first-order chi connectivity index (χ1) is 16.7.